The molecule has 0 aliphatic heterocycles. The standard InChI is InChI=1S/C10H21N.C2H6/c1-10(2)6-4-5-9(7-10)8-11-3;1-2/h9,11H,4-8H2,1-3H3;1-2H3. The fourth-order valence-corrected chi connectivity index (χ4v) is 2.32. The highest BCUT2D eigenvalue weighted by molar-refractivity contribution is 4.79. The molecule has 1 aliphatic rings. The quantitative estimate of drug-likeness (QED) is 0.695. The molecule has 1 nitrogen and oxygen atoms in total. The van der Waals surface area contributed by atoms with Gasteiger partial charge in [0.15, 0.2) is 0 Å². The van der Waals surface area contributed by atoms with Gasteiger partial charge in [0.25, 0.3) is 0 Å². The molecule has 0 bridgehead atoms. The maximum Gasteiger partial charge on any atom is -0.00233 e. The molecule has 1 aliphatic carbocycles. The van der Waals surface area contributed by atoms with Crippen molar-refractivity contribution >= 4 is 0 Å². The molecule has 0 aromatic rings. The molecule has 1 rings (SSSR count). The van der Waals surface area contributed by atoms with Gasteiger partial charge in [-0.15, -0.1) is 0 Å². The molecular weight excluding hydrogens is 158 g/mol. The van der Waals surface area contributed by atoms with Gasteiger partial charge in [0.2, 0.25) is 0 Å². The van der Waals surface area contributed by atoms with Gasteiger partial charge in [0, 0.05) is 0 Å². The lowest BCUT2D eigenvalue weighted by Gasteiger charge is -2.35. The highest BCUT2D eigenvalue weighted by Crippen LogP contribution is 2.37. The van der Waals surface area contributed by atoms with Crippen molar-refractivity contribution in [3.63, 3.8) is 0 Å². The molecule has 0 amide bonds. The van der Waals surface area contributed by atoms with Gasteiger partial charge in [-0.05, 0) is 44.2 Å². The van der Waals surface area contributed by atoms with Crippen molar-refractivity contribution in [3.8, 4) is 0 Å². The van der Waals surface area contributed by atoms with Crippen LogP contribution in [0.5, 0.6) is 0 Å². The Balaban J connectivity index is 0.000000671. The van der Waals surface area contributed by atoms with Crippen LogP contribution >= 0.6 is 0 Å². The lowest BCUT2D eigenvalue weighted by atomic mass is 9.72. The van der Waals surface area contributed by atoms with Gasteiger partial charge in [-0.1, -0.05) is 34.1 Å². The van der Waals surface area contributed by atoms with Crippen molar-refractivity contribution in [2.24, 2.45) is 11.3 Å². The second kappa shape index (κ2) is 6.42. The van der Waals surface area contributed by atoms with Crippen molar-refractivity contribution in [2.45, 2.75) is 53.4 Å². The zero-order chi connectivity index (χ0) is 10.3. The lowest BCUT2D eigenvalue weighted by molar-refractivity contribution is 0.179. The van der Waals surface area contributed by atoms with E-state index < -0.39 is 0 Å². The van der Waals surface area contributed by atoms with Gasteiger partial charge in [0.05, 0.1) is 0 Å². The van der Waals surface area contributed by atoms with E-state index in [1.165, 1.54) is 32.2 Å². The zero-order valence-corrected chi connectivity index (χ0v) is 10.1. The van der Waals surface area contributed by atoms with Crippen LogP contribution in [0.25, 0.3) is 0 Å². The summed E-state index contributed by atoms with van der Waals surface area (Å²) >= 11 is 0. The van der Waals surface area contributed by atoms with E-state index in [0.717, 1.165) is 5.92 Å². The fraction of sp³-hybridized carbons (Fsp3) is 1.00. The monoisotopic (exact) mass is 185 g/mol. The van der Waals surface area contributed by atoms with E-state index in [0.29, 0.717) is 5.41 Å². The van der Waals surface area contributed by atoms with Crippen molar-refractivity contribution in [2.75, 3.05) is 13.6 Å². The Morgan fingerprint density at radius 2 is 1.92 bits per heavy atom. The summed E-state index contributed by atoms with van der Waals surface area (Å²) in [6.07, 6.45) is 5.70. The van der Waals surface area contributed by atoms with Crippen LogP contribution in [0.3, 0.4) is 0 Å². The molecule has 0 radical (unpaired) electrons. The maximum atomic E-state index is 3.28. The van der Waals surface area contributed by atoms with Crippen LogP contribution in [-0.2, 0) is 0 Å². The lowest BCUT2D eigenvalue weighted by Crippen LogP contribution is -2.28. The van der Waals surface area contributed by atoms with Crippen molar-refractivity contribution < 1.29 is 0 Å². The van der Waals surface area contributed by atoms with E-state index in [4.69, 9.17) is 0 Å². The molecule has 1 fully saturated rings. The number of hydrogen-bond donors (Lipinski definition) is 1. The summed E-state index contributed by atoms with van der Waals surface area (Å²) in [5.41, 5.74) is 0.611. The van der Waals surface area contributed by atoms with Gasteiger partial charge >= 0.3 is 0 Å². The summed E-state index contributed by atoms with van der Waals surface area (Å²) < 4.78 is 0. The summed E-state index contributed by atoms with van der Waals surface area (Å²) in [4.78, 5) is 0. The first-order valence-electron chi connectivity index (χ1n) is 5.79. The highest BCUT2D eigenvalue weighted by Gasteiger charge is 2.26. The maximum absolute atomic E-state index is 3.28. The number of nitrogens with one attached hydrogen (secondary N) is 1. The van der Waals surface area contributed by atoms with E-state index in [1.54, 1.807) is 0 Å². The summed E-state index contributed by atoms with van der Waals surface area (Å²) in [5.74, 6) is 0.934. The summed E-state index contributed by atoms with van der Waals surface area (Å²) in [6, 6.07) is 0. The third-order valence-corrected chi connectivity index (χ3v) is 2.80. The Labute approximate surface area is 84.3 Å². The van der Waals surface area contributed by atoms with Crippen LogP contribution < -0.4 is 5.32 Å². The molecular formula is C12H27N. The van der Waals surface area contributed by atoms with E-state index in [-0.39, 0.29) is 0 Å². The Kier molecular flexibility index (Phi) is 6.40. The van der Waals surface area contributed by atoms with Crippen molar-refractivity contribution in [3.05, 3.63) is 0 Å². The molecule has 1 unspecified atom stereocenters. The van der Waals surface area contributed by atoms with Gasteiger partial charge in [-0.2, -0.15) is 0 Å². The normalized spacial score (nSPS) is 26.1. The van der Waals surface area contributed by atoms with Gasteiger partial charge in [-0.25, -0.2) is 0 Å². The first-order chi connectivity index (χ1) is 6.14. The molecule has 1 heteroatoms. The minimum absolute atomic E-state index is 0.611. The molecule has 1 atom stereocenters. The van der Waals surface area contributed by atoms with Crippen LogP contribution in [0.15, 0.2) is 0 Å². The smallest absolute Gasteiger partial charge is 0.00233 e. The molecule has 0 aromatic carbocycles. The molecule has 0 saturated heterocycles. The Morgan fingerprint density at radius 1 is 1.31 bits per heavy atom. The SMILES string of the molecule is CC.CNCC1CCCC(C)(C)C1. The van der Waals surface area contributed by atoms with E-state index in [2.05, 4.69) is 26.2 Å². The predicted molar refractivity (Wildman–Crippen MR) is 61.0 cm³/mol. The van der Waals surface area contributed by atoms with Crippen LogP contribution in [0.2, 0.25) is 0 Å². The molecule has 0 aromatic heterocycles. The largest absolute Gasteiger partial charge is 0.319 e. The Morgan fingerprint density at radius 3 is 2.38 bits per heavy atom. The summed E-state index contributed by atoms with van der Waals surface area (Å²) in [5, 5.41) is 3.28. The number of rotatable bonds is 2. The molecule has 0 heterocycles. The third kappa shape index (κ3) is 5.30. The Bertz CT molecular complexity index is 116. The first-order valence-corrected chi connectivity index (χ1v) is 5.79. The van der Waals surface area contributed by atoms with E-state index in [9.17, 15) is 0 Å². The Hall–Kier alpha value is -0.0400. The van der Waals surface area contributed by atoms with Crippen LogP contribution in [-0.4, -0.2) is 13.6 Å². The number of hydrogen-bond acceptors (Lipinski definition) is 1. The molecule has 1 saturated carbocycles. The van der Waals surface area contributed by atoms with Crippen molar-refractivity contribution in [1.29, 1.82) is 0 Å². The predicted octanol–water partition coefficient (Wildman–Crippen LogP) is 3.45. The zero-order valence-electron chi connectivity index (χ0n) is 10.1. The second-order valence-electron chi connectivity index (χ2n) is 4.68. The van der Waals surface area contributed by atoms with E-state index >= 15 is 0 Å². The summed E-state index contributed by atoms with van der Waals surface area (Å²) in [6.45, 7) is 10.0. The first kappa shape index (κ1) is 13.0. The second-order valence-corrected chi connectivity index (χ2v) is 4.68. The van der Waals surface area contributed by atoms with E-state index in [1.807, 2.05) is 13.8 Å². The van der Waals surface area contributed by atoms with Gasteiger partial charge < -0.3 is 5.32 Å². The van der Waals surface area contributed by atoms with Crippen LogP contribution in [0.4, 0.5) is 0 Å². The molecule has 80 valence electrons. The van der Waals surface area contributed by atoms with Crippen molar-refractivity contribution in [1.82, 2.24) is 5.32 Å². The average molecular weight is 185 g/mol. The minimum atomic E-state index is 0.611. The molecule has 0 spiro atoms. The fourth-order valence-electron chi connectivity index (χ4n) is 2.32. The molecule has 13 heavy (non-hydrogen) atoms. The molecule has 1 N–H and O–H groups in total. The van der Waals surface area contributed by atoms with Gasteiger partial charge in [0.1, 0.15) is 0 Å². The third-order valence-electron chi connectivity index (χ3n) is 2.80. The highest BCUT2D eigenvalue weighted by atomic mass is 14.8. The van der Waals surface area contributed by atoms with Crippen LogP contribution in [0.1, 0.15) is 53.4 Å². The van der Waals surface area contributed by atoms with Gasteiger partial charge in [-0.3, -0.25) is 0 Å². The van der Waals surface area contributed by atoms with Crippen LogP contribution in [0, 0.1) is 11.3 Å². The topological polar surface area (TPSA) is 12.0 Å². The summed E-state index contributed by atoms with van der Waals surface area (Å²) in [7, 11) is 2.06. The minimum Gasteiger partial charge on any atom is -0.319 e. The average Bonchev–Trinajstić information content (AvgIpc) is 2.07.